The van der Waals surface area contributed by atoms with Crippen molar-refractivity contribution in [3.63, 3.8) is 0 Å². The fourth-order valence-electron chi connectivity index (χ4n) is 9.57. The first kappa shape index (κ1) is 47.4. The first-order valence-corrected chi connectivity index (χ1v) is 29.1. The summed E-state index contributed by atoms with van der Waals surface area (Å²) < 4.78 is 16.4. The van der Waals surface area contributed by atoms with Gasteiger partial charge in [-0.25, -0.2) is 0 Å². The van der Waals surface area contributed by atoms with Gasteiger partial charge in [0.15, 0.2) is 0 Å². The van der Waals surface area contributed by atoms with Crippen LogP contribution in [0.2, 0.25) is 0 Å². The van der Waals surface area contributed by atoms with Crippen LogP contribution < -0.4 is 9.47 Å². The van der Waals surface area contributed by atoms with Gasteiger partial charge in [-0.05, 0) is 131 Å². The van der Waals surface area contributed by atoms with E-state index in [0.717, 1.165) is 11.5 Å². The number of alkyl halides is 2. The van der Waals surface area contributed by atoms with Crippen LogP contribution in [-0.2, 0) is 11.2 Å². The molecule has 2 heterocycles. The van der Waals surface area contributed by atoms with Crippen molar-refractivity contribution >= 4 is 170 Å². The molecule has 2 nitrogen and oxygen atoms in total. The Bertz CT molecular complexity index is 4000. The molecule has 13 aromatic rings. The minimum absolute atomic E-state index is 0.194. The Morgan fingerprint density at radius 2 is 0.826 bits per heavy atom. The minimum atomic E-state index is -1.33. The van der Waals surface area contributed by atoms with E-state index in [9.17, 15) is 0 Å². The molecule has 0 aliphatic heterocycles. The molecule has 343 valence electrons. The van der Waals surface area contributed by atoms with E-state index in [1.54, 1.807) is 14.2 Å². The number of rotatable bonds is 4. The zero-order valence-corrected chi connectivity index (χ0v) is 43.6. The summed E-state index contributed by atoms with van der Waals surface area (Å²) in [5, 5.41) is 18.6. The van der Waals surface area contributed by atoms with E-state index in [2.05, 4.69) is 188 Å². The van der Waals surface area contributed by atoms with Crippen LogP contribution in [0.3, 0.4) is 0 Å². The van der Waals surface area contributed by atoms with Crippen LogP contribution in [0.5, 0.6) is 11.5 Å². The number of ether oxygens (including phenoxy) is 2. The summed E-state index contributed by atoms with van der Waals surface area (Å²) in [6.45, 7) is 0. The zero-order chi connectivity index (χ0) is 47.6. The topological polar surface area (TPSA) is 18.5 Å². The summed E-state index contributed by atoms with van der Waals surface area (Å²) in [5.41, 5.74) is 4.82. The first-order valence-electron chi connectivity index (χ1n) is 21.8. The Morgan fingerprint density at radius 1 is 0.362 bits per heavy atom. The standard InChI is InChI=1S/C29H18OS.C29H20OS.CH2Cl2.3ClH.Fe/c1-30-18-11-12-22-23(14-18)20-8-4-5-9-21(20)24-15-26-28(16-25(22)24)31-27-13-10-17-6-2-3-7-19(17)29(26)27;1-30-22-13-15-23(26(18-22)19-7-3-2-4-8-19)21-11-14-25-28(17-21)31-27-16-12-20-9-5-6-10-24(20)29(25)27;2-1-3;;;;/h2-16H,1H3;2-18H,1H3;1H2;3*1H;/q;;;;;;+3/p-3. The molecule has 0 aliphatic carbocycles. The number of thiophene rings is 2. The van der Waals surface area contributed by atoms with Crippen LogP contribution in [0.1, 0.15) is 0 Å². The molecule has 0 bridgehead atoms. The third-order valence-corrected chi connectivity index (χ3v) is 14.7. The predicted molar refractivity (Wildman–Crippen MR) is 304 cm³/mol. The number of methoxy groups -OCH3 is 2. The van der Waals surface area contributed by atoms with Crippen molar-refractivity contribution < 1.29 is 20.6 Å². The van der Waals surface area contributed by atoms with E-state index < -0.39 is 11.2 Å². The van der Waals surface area contributed by atoms with Crippen LogP contribution in [0.4, 0.5) is 0 Å². The maximum absolute atomic E-state index is 5.54. The molecule has 2 aromatic heterocycles. The van der Waals surface area contributed by atoms with Crippen molar-refractivity contribution in [2.24, 2.45) is 0 Å². The van der Waals surface area contributed by atoms with Crippen molar-refractivity contribution in [2.75, 3.05) is 19.6 Å². The summed E-state index contributed by atoms with van der Waals surface area (Å²) >= 11 is 12.0. The first-order chi connectivity index (χ1) is 33.8. The maximum atomic E-state index is 5.54. The van der Waals surface area contributed by atoms with Gasteiger partial charge in [-0.15, -0.1) is 45.9 Å². The molecule has 0 N–H and O–H groups in total. The number of halogens is 5. The quantitative estimate of drug-likeness (QED) is 0.0993. The monoisotopic (exact) mass is 1080 g/mol. The number of benzene rings is 11. The molecular weight excluding hydrogens is 1040 g/mol. The summed E-state index contributed by atoms with van der Waals surface area (Å²) in [5.74, 6) is 1.77. The third kappa shape index (κ3) is 9.42. The normalized spacial score (nSPS) is 11.4. The molecule has 0 fully saturated rings. The van der Waals surface area contributed by atoms with Gasteiger partial charge < -0.3 is 9.47 Å². The second kappa shape index (κ2) is 21.0. The van der Waals surface area contributed by atoms with Gasteiger partial charge in [-0.2, -0.15) is 0 Å². The van der Waals surface area contributed by atoms with Gasteiger partial charge in [0.2, 0.25) is 0 Å². The summed E-state index contributed by atoms with van der Waals surface area (Å²) in [6, 6.07) is 70.1. The van der Waals surface area contributed by atoms with Crippen molar-refractivity contribution in [2.45, 2.75) is 0 Å². The molecular formula is C59H40Cl5FeO2S2. The van der Waals surface area contributed by atoms with E-state index in [1.165, 1.54) is 116 Å². The molecule has 0 saturated heterocycles. The van der Waals surface area contributed by atoms with Crippen LogP contribution >= 0.6 is 76.2 Å². The van der Waals surface area contributed by atoms with Gasteiger partial charge in [0.1, 0.15) is 11.5 Å². The van der Waals surface area contributed by atoms with Gasteiger partial charge in [0.25, 0.3) is 0 Å². The van der Waals surface area contributed by atoms with E-state index in [4.69, 9.17) is 63.0 Å². The van der Waals surface area contributed by atoms with Gasteiger partial charge in [0.05, 0.1) is 19.6 Å². The zero-order valence-electron chi connectivity index (χ0n) is 37.1. The Balaban J connectivity index is 0.000000142. The van der Waals surface area contributed by atoms with Crippen molar-refractivity contribution in [1.29, 1.82) is 0 Å². The van der Waals surface area contributed by atoms with E-state index >= 15 is 0 Å². The number of fused-ring (bicyclic) bond motifs is 16. The Morgan fingerprint density at radius 3 is 1.43 bits per heavy atom. The van der Waals surface area contributed by atoms with Crippen molar-refractivity contribution in [3.05, 3.63) is 194 Å². The molecule has 69 heavy (non-hydrogen) atoms. The Labute approximate surface area is 434 Å². The molecule has 0 amide bonds. The second-order valence-corrected chi connectivity index (χ2v) is 24.6. The van der Waals surface area contributed by atoms with Gasteiger partial charge in [0, 0.05) is 40.3 Å². The van der Waals surface area contributed by atoms with Gasteiger partial charge >= 0.3 is 41.5 Å². The SMILES string of the molecule is COc1ccc(-c2ccc3c(c2)sc2ccc4ccccc4c23)c(-c2ccccc2)c1.COc1ccc2c(c1)c1ccccc1c1cc3c(cc21)sc1ccc2ccccc2c13.ClCCl.[Cl][Fe]([Cl])[Cl]. The second-order valence-electron chi connectivity index (χ2n) is 16.1. The van der Waals surface area contributed by atoms with Crippen molar-refractivity contribution in [3.8, 4) is 33.8 Å². The Hall–Kier alpha value is -5.27. The Kier molecular flexibility index (Phi) is 14.4. The molecule has 0 saturated carbocycles. The number of hydrogen-bond acceptors (Lipinski definition) is 4. The van der Waals surface area contributed by atoms with E-state index in [-0.39, 0.29) is 5.34 Å². The van der Waals surface area contributed by atoms with Crippen LogP contribution in [-0.4, -0.2) is 19.6 Å². The molecule has 0 atom stereocenters. The van der Waals surface area contributed by atoms with Crippen LogP contribution in [0.15, 0.2) is 194 Å². The molecule has 0 unspecified atom stereocenters. The average molecular weight is 1080 g/mol. The van der Waals surface area contributed by atoms with E-state index in [1.807, 2.05) is 28.7 Å². The fourth-order valence-corrected chi connectivity index (χ4v) is 11.9. The van der Waals surface area contributed by atoms with Crippen molar-refractivity contribution in [1.82, 2.24) is 0 Å². The molecule has 0 aliphatic rings. The van der Waals surface area contributed by atoms with Gasteiger partial charge in [-0.3, -0.25) is 0 Å². The third-order valence-electron chi connectivity index (χ3n) is 12.5. The summed E-state index contributed by atoms with van der Waals surface area (Å²) in [6.07, 6.45) is 0. The molecule has 0 radical (unpaired) electrons. The van der Waals surface area contributed by atoms with Crippen LogP contribution in [0.25, 0.3) is 116 Å². The fraction of sp³-hybridized carbons (Fsp3) is 0.0508. The predicted octanol–water partition coefficient (Wildman–Crippen LogP) is 20.7. The molecule has 0 spiro atoms. The summed E-state index contributed by atoms with van der Waals surface area (Å²) in [7, 11) is 18.1. The number of hydrogen-bond donors (Lipinski definition) is 0. The van der Waals surface area contributed by atoms with E-state index in [0.29, 0.717) is 0 Å². The molecule has 10 heteroatoms. The van der Waals surface area contributed by atoms with Gasteiger partial charge in [-0.1, -0.05) is 140 Å². The summed E-state index contributed by atoms with van der Waals surface area (Å²) in [4.78, 5) is 0. The average Bonchev–Trinajstić information content (AvgIpc) is 3.96. The molecule has 11 aromatic carbocycles. The molecule has 13 rings (SSSR count). The van der Waals surface area contributed by atoms with Crippen LogP contribution in [0, 0.1) is 0 Å².